The lowest BCUT2D eigenvalue weighted by Crippen LogP contribution is -2.50. The molecule has 1 N–H and O–H groups in total. The third-order valence-corrected chi connectivity index (χ3v) is 8.23. The van der Waals surface area contributed by atoms with Crippen molar-refractivity contribution in [2.45, 2.75) is 64.0 Å². The zero-order valence-electron chi connectivity index (χ0n) is 20.3. The van der Waals surface area contributed by atoms with Gasteiger partial charge in [0.25, 0.3) is 5.91 Å². The molecule has 180 valence electrons. The number of nitrogens with one attached hydrogen (secondary N) is 1. The van der Waals surface area contributed by atoms with E-state index >= 15 is 0 Å². The van der Waals surface area contributed by atoms with Crippen molar-refractivity contribution in [1.29, 1.82) is 0 Å². The number of likely N-dealkylation sites (tertiary alicyclic amines) is 2. The third kappa shape index (κ3) is 4.90. The van der Waals surface area contributed by atoms with Crippen molar-refractivity contribution in [2.24, 2.45) is 5.92 Å². The normalized spacial score (nSPS) is 22.3. The Labute approximate surface area is 203 Å². The van der Waals surface area contributed by atoms with Crippen LogP contribution in [-0.2, 0) is 11.2 Å². The highest BCUT2D eigenvalue weighted by Crippen LogP contribution is 2.31. The van der Waals surface area contributed by atoms with Gasteiger partial charge in [0.2, 0.25) is 5.91 Å². The van der Waals surface area contributed by atoms with Gasteiger partial charge in [0.05, 0.1) is 6.04 Å². The van der Waals surface area contributed by atoms with Crippen LogP contribution in [0.2, 0.25) is 0 Å². The first-order valence-electron chi connectivity index (χ1n) is 13.1. The molecule has 2 fully saturated rings. The molecular weight excluding hydrogens is 422 g/mol. The summed E-state index contributed by atoms with van der Waals surface area (Å²) in [4.78, 5) is 30.6. The first-order valence-corrected chi connectivity index (χ1v) is 13.1. The maximum Gasteiger partial charge on any atom is 0.254 e. The first kappa shape index (κ1) is 23.1. The summed E-state index contributed by atoms with van der Waals surface area (Å²) in [6, 6.07) is 17.1. The summed E-state index contributed by atoms with van der Waals surface area (Å²) in [5, 5.41) is 3.38. The van der Waals surface area contributed by atoms with Gasteiger partial charge in [-0.25, -0.2) is 0 Å². The van der Waals surface area contributed by atoms with Crippen molar-refractivity contribution in [3.63, 3.8) is 0 Å². The molecule has 0 radical (unpaired) electrons. The minimum absolute atomic E-state index is 0.119. The molecule has 2 saturated heterocycles. The van der Waals surface area contributed by atoms with Crippen molar-refractivity contribution in [3.05, 3.63) is 70.8 Å². The predicted molar refractivity (Wildman–Crippen MR) is 135 cm³/mol. The Morgan fingerprint density at radius 1 is 0.853 bits per heavy atom. The summed E-state index contributed by atoms with van der Waals surface area (Å²) in [5.41, 5.74) is 4.58. The Balaban J connectivity index is 1.09. The van der Waals surface area contributed by atoms with Crippen molar-refractivity contribution in [1.82, 2.24) is 15.1 Å². The monoisotopic (exact) mass is 459 g/mol. The van der Waals surface area contributed by atoms with E-state index in [0.29, 0.717) is 6.04 Å². The number of carbonyl (C=O) groups excluding carboxylic acids is 2. The lowest BCUT2D eigenvalue weighted by atomic mass is 9.86. The zero-order chi connectivity index (χ0) is 23.5. The van der Waals surface area contributed by atoms with Crippen LogP contribution in [0.25, 0.3) is 0 Å². The molecule has 5 rings (SSSR count). The van der Waals surface area contributed by atoms with Gasteiger partial charge in [-0.05, 0) is 87.7 Å². The van der Waals surface area contributed by atoms with Gasteiger partial charge in [-0.1, -0.05) is 42.5 Å². The molecule has 3 aliphatic rings. The lowest BCUT2D eigenvalue weighted by molar-refractivity contribution is -0.127. The van der Waals surface area contributed by atoms with Gasteiger partial charge in [0.15, 0.2) is 0 Å². The molecule has 2 heterocycles. The quantitative estimate of drug-likeness (QED) is 0.732. The van der Waals surface area contributed by atoms with E-state index in [1.807, 2.05) is 36.1 Å². The van der Waals surface area contributed by atoms with E-state index in [9.17, 15) is 9.59 Å². The van der Waals surface area contributed by atoms with Gasteiger partial charge in [-0.3, -0.25) is 9.59 Å². The van der Waals surface area contributed by atoms with E-state index in [1.165, 1.54) is 11.1 Å². The Kier molecular flexibility index (Phi) is 7.00. The molecule has 0 spiro atoms. The minimum atomic E-state index is 0.119. The fraction of sp³-hybridized carbons (Fsp3) is 0.517. The van der Waals surface area contributed by atoms with Gasteiger partial charge < -0.3 is 15.1 Å². The molecule has 1 atom stereocenters. The van der Waals surface area contributed by atoms with Gasteiger partial charge in [0.1, 0.15) is 0 Å². The van der Waals surface area contributed by atoms with E-state index < -0.39 is 0 Å². The number of benzene rings is 2. The van der Waals surface area contributed by atoms with E-state index in [1.54, 1.807) is 0 Å². The van der Waals surface area contributed by atoms with Crippen molar-refractivity contribution in [3.8, 4) is 0 Å². The summed E-state index contributed by atoms with van der Waals surface area (Å²) < 4.78 is 0. The Morgan fingerprint density at radius 2 is 1.56 bits per heavy atom. The maximum atomic E-state index is 13.1. The van der Waals surface area contributed by atoms with Gasteiger partial charge in [-0.2, -0.15) is 0 Å². The highest BCUT2D eigenvalue weighted by atomic mass is 16.2. The number of nitrogens with zero attached hydrogens (tertiary/aromatic N) is 2. The minimum Gasteiger partial charge on any atom is -0.349 e. The molecule has 0 saturated carbocycles. The number of hydrogen-bond acceptors (Lipinski definition) is 3. The van der Waals surface area contributed by atoms with Crippen molar-refractivity contribution >= 4 is 11.8 Å². The molecule has 0 aromatic heterocycles. The zero-order valence-corrected chi connectivity index (χ0v) is 20.3. The maximum absolute atomic E-state index is 13.1. The van der Waals surface area contributed by atoms with Gasteiger partial charge in [0, 0.05) is 30.6 Å². The molecule has 5 heteroatoms. The van der Waals surface area contributed by atoms with Crippen LogP contribution >= 0.6 is 0 Å². The Hall–Kier alpha value is -2.66. The first-order chi connectivity index (χ1) is 16.6. The highest BCUT2D eigenvalue weighted by Gasteiger charge is 2.33. The SMILES string of the molecule is Cc1ccccc1C(=O)N1CCC(N2CCC(C(=O)NC3CCCc4ccccc43)CC2)CC1. The van der Waals surface area contributed by atoms with Crippen LogP contribution in [-0.4, -0.2) is 53.8 Å². The number of piperidine rings is 2. The number of rotatable bonds is 4. The van der Waals surface area contributed by atoms with Gasteiger partial charge >= 0.3 is 0 Å². The fourth-order valence-electron chi connectivity index (χ4n) is 6.14. The van der Waals surface area contributed by atoms with Crippen LogP contribution in [0.1, 0.15) is 71.6 Å². The molecule has 1 unspecified atom stereocenters. The molecule has 34 heavy (non-hydrogen) atoms. The smallest absolute Gasteiger partial charge is 0.254 e. The molecule has 2 aromatic rings. The standard InChI is InChI=1S/C29H37N3O2/c1-21-7-2-4-10-25(21)29(34)32-19-15-24(16-20-32)31-17-13-23(14-18-31)28(33)30-27-12-6-9-22-8-3-5-11-26(22)27/h2-5,7-8,10-11,23-24,27H,6,9,12-20H2,1H3,(H,30,33). The summed E-state index contributed by atoms with van der Waals surface area (Å²) in [6.45, 7) is 5.61. The Bertz CT molecular complexity index is 1020. The summed E-state index contributed by atoms with van der Waals surface area (Å²) in [6.07, 6.45) is 7.22. The van der Waals surface area contributed by atoms with E-state index in [0.717, 1.165) is 82.3 Å². The van der Waals surface area contributed by atoms with E-state index in [2.05, 4.69) is 34.5 Å². The van der Waals surface area contributed by atoms with Crippen LogP contribution in [0.5, 0.6) is 0 Å². The summed E-state index contributed by atoms with van der Waals surface area (Å²) in [5.74, 6) is 0.518. The van der Waals surface area contributed by atoms with E-state index in [4.69, 9.17) is 0 Å². The van der Waals surface area contributed by atoms with E-state index in [-0.39, 0.29) is 23.8 Å². The number of hydrogen-bond donors (Lipinski definition) is 1. The molecule has 1 aliphatic carbocycles. The second-order valence-corrected chi connectivity index (χ2v) is 10.3. The van der Waals surface area contributed by atoms with Crippen LogP contribution < -0.4 is 5.32 Å². The molecule has 2 aliphatic heterocycles. The summed E-state index contributed by atoms with van der Waals surface area (Å²) >= 11 is 0. The lowest BCUT2D eigenvalue weighted by Gasteiger charge is -2.41. The molecule has 2 aromatic carbocycles. The second-order valence-electron chi connectivity index (χ2n) is 10.3. The summed E-state index contributed by atoms with van der Waals surface area (Å²) in [7, 11) is 0. The number of aryl methyl sites for hydroxylation is 2. The predicted octanol–water partition coefficient (Wildman–Crippen LogP) is 4.51. The molecule has 0 bridgehead atoms. The molecule has 2 amide bonds. The fourth-order valence-corrected chi connectivity index (χ4v) is 6.14. The van der Waals surface area contributed by atoms with Gasteiger partial charge in [-0.15, -0.1) is 0 Å². The van der Waals surface area contributed by atoms with Crippen LogP contribution in [0.15, 0.2) is 48.5 Å². The number of carbonyl (C=O) groups is 2. The Morgan fingerprint density at radius 3 is 2.32 bits per heavy atom. The molecule has 5 nitrogen and oxygen atoms in total. The second kappa shape index (κ2) is 10.3. The largest absolute Gasteiger partial charge is 0.349 e. The number of fused-ring (bicyclic) bond motifs is 1. The van der Waals surface area contributed by atoms with Crippen molar-refractivity contribution in [2.75, 3.05) is 26.2 Å². The highest BCUT2D eigenvalue weighted by molar-refractivity contribution is 5.95. The third-order valence-electron chi connectivity index (χ3n) is 8.23. The van der Waals surface area contributed by atoms with Crippen LogP contribution in [0.4, 0.5) is 0 Å². The number of amides is 2. The van der Waals surface area contributed by atoms with Crippen LogP contribution in [0, 0.1) is 12.8 Å². The topological polar surface area (TPSA) is 52.7 Å². The molecular formula is C29H37N3O2. The van der Waals surface area contributed by atoms with Crippen molar-refractivity contribution < 1.29 is 9.59 Å². The average molecular weight is 460 g/mol. The average Bonchev–Trinajstić information content (AvgIpc) is 2.89. The van der Waals surface area contributed by atoms with Crippen LogP contribution in [0.3, 0.4) is 0 Å².